The highest BCUT2D eigenvalue weighted by molar-refractivity contribution is 5.72. The van der Waals surface area contributed by atoms with Gasteiger partial charge in [-0.2, -0.15) is 0 Å². The molecule has 0 aliphatic carbocycles. The molecule has 4 aromatic carbocycles. The predicted molar refractivity (Wildman–Crippen MR) is 149 cm³/mol. The third-order valence-electron chi connectivity index (χ3n) is 6.47. The number of hydrogen-bond acceptors (Lipinski definition) is 0. The molecular weight excluding hydrogens is 427 g/mol. The summed E-state index contributed by atoms with van der Waals surface area (Å²) in [6, 6.07) is 33.1. The van der Waals surface area contributed by atoms with Gasteiger partial charge < -0.3 is 0 Å². The molecule has 0 radical (unpaired) electrons. The summed E-state index contributed by atoms with van der Waals surface area (Å²) >= 11 is 0. The molecule has 176 valence electrons. The van der Waals surface area contributed by atoms with E-state index in [-0.39, 0.29) is 5.82 Å². The standard InChI is InChI=1S/C34H33F/c1-3-4-6-9-27-16-19-31(20-17-27)33-23-22-32(34(35)25-33)21-18-28-12-14-29(15-13-28)24-26(2)30-10-7-5-8-11-30/h3-5,7-8,10-23,25-26H,6,9,24H2,1-2H3/b4-3+,21-18?/t26-/m0/s1. The summed E-state index contributed by atoms with van der Waals surface area (Å²) in [6.45, 7) is 4.30. The van der Waals surface area contributed by atoms with E-state index in [0.717, 1.165) is 36.0 Å². The van der Waals surface area contributed by atoms with Crippen molar-refractivity contribution in [3.8, 4) is 11.1 Å². The zero-order valence-corrected chi connectivity index (χ0v) is 20.6. The fourth-order valence-corrected chi connectivity index (χ4v) is 4.33. The first kappa shape index (κ1) is 24.4. The molecule has 4 aromatic rings. The SMILES string of the molecule is C/C=C/CCc1ccc(-c2ccc(C=Cc3ccc(C[C@H](C)c4ccccc4)cc3)c(F)c2)cc1. The van der Waals surface area contributed by atoms with Crippen molar-refractivity contribution in [3.63, 3.8) is 0 Å². The number of allylic oxidation sites excluding steroid dienone is 2. The summed E-state index contributed by atoms with van der Waals surface area (Å²) in [5.41, 5.74) is 7.56. The predicted octanol–water partition coefficient (Wildman–Crippen LogP) is 9.52. The summed E-state index contributed by atoms with van der Waals surface area (Å²) in [4.78, 5) is 0. The monoisotopic (exact) mass is 460 g/mol. The van der Waals surface area contributed by atoms with Crippen LogP contribution in [-0.4, -0.2) is 0 Å². The van der Waals surface area contributed by atoms with Crippen molar-refractivity contribution in [2.24, 2.45) is 0 Å². The molecule has 0 heterocycles. The Morgan fingerprint density at radius 2 is 1.43 bits per heavy atom. The van der Waals surface area contributed by atoms with Crippen molar-refractivity contribution >= 4 is 12.2 Å². The van der Waals surface area contributed by atoms with Crippen molar-refractivity contribution in [2.45, 2.75) is 39.0 Å². The van der Waals surface area contributed by atoms with Crippen molar-refractivity contribution in [2.75, 3.05) is 0 Å². The van der Waals surface area contributed by atoms with Gasteiger partial charge in [0.15, 0.2) is 0 Å². The smallest absolute Gasteiger partial charge is 0.131 e. The van der Waals surface area contributed by atoms with Gasteiger partial charge in [0.25, 0.3) is 0 Å². The van der Waals surface area contributed by atoms with Crippen LogP contribution in [0.3, 0.4) is 0 Å². The average Bonchev–Trinajstić information content (AvgIpc) is 2.90. The number of benzene rings is 4. The molecule has 0 aliphatic rings. The van der Waals surface area contributed by atoms with Gasteiger partial charge in [0.1, 0.15) is 5.82 Å². The maximum atomic E-state index is 14.8. The first-order valence-corrected chi connectivity index (χ1v) is 12.4. The van der Waals surface area contributed by atoms with Crippen LogP contribution in [0.4, 0.5) is 4.39 Å². The van der Waals surface area contributed by atoms with Crippen LogP contribution in [0.2, 0.25) is 0 Å². The van der Waals surface area contributed by atoms with Gasteiger partial charge in [0.2, 0.25) is 0 Å². The van der Waals surface area contributed by atoms with Gasteiger partial charge in [-0.1, -0.05) is 122 Å². The number of halogens is 1. The second-order valence-electron chi connectivity index (χ2n) is 9.13. The van der Waals surface area contributed by atoms with E-state index in [9.17, 15) is 4.39 Å². The lowest BCUT2D eigenvalue weighted by molar-refractivity contribution is 0.625. The molecule has 1 atom stereocenters. The Kier molecular flexibility index (Phi) is 8.46. The van der Waals surface area contributed by atoms with Crippen LogP contribution in [0.25, 0.3) is 23.3 Å². The number of aryl methyl sites for hydroxylation is 1. The fraction of sp³-hybridized carbons (Fsp3) is 0.176. The Labute approximate surface area is 209 Å². The van der Waals surface area contributed by atoms with Crippen LogP contribution in [0.5, 0.6) is 0 Å². The van der Waals surface area contributed by atoms with E-state index in [0.29, 0.717) is 11.5 Å². The lowest BCUT2D eigenvalue weighted by atomic mass is 9.93. The molecule has 0 spiro atoms. The first-order chi connectivity index (χ1) is 17.1. The van der Waals surface area contributed by atoms with Gasteiger partial charge in [-0.3, -0.25) is 0 Å². The maximum Gasteiger partial charge on any atom is 0.131 e. The minimum Gasteiger partial charge on any atom is -0.206 e. The van der Waals surface area contributed by atoms with E-state index < -0.39 is 0 Å². The van der Waals surface area contributed by atoms with Crippen molar-refractivity contribution in [1.29, 1.82) is 0 Å². The summed E-state index contributed by atoms with van der Waals surface area (Å²) in [7, 11) is 0. The van der Waals surface area contributed by atoms with E-state index >= 15 is 0 Å². The third-order valence-corrected chi connectivity index (χ3v) is 6.47. The van der Waals surface area contributed by atoms with Crippen LogP contribution >= 0.6 is 0 Å². The van der Waals surface area contributed by atoms with Gasteiger partial charge in [-0.05, 0) is 71.6 Å². The maximum absolute atomic E-state index is 14.8. The fourth-order valence-electron chi connectivity index (χ4n) is 4.33. The highest BCUT2D eigenvalue weighted by Crippen LogP contribution is 2.25. The molecule has 0 amide bonds. The lowest BCUT2D eigenvalue weighted by Gasteiger charge is -2.12. The molecule has 4 rings (SSSR count). The van der Waals surface area contributed by atoms with E-state index in [1.54, 1.807) is 6.07 Å². The molecular formula is C34H33F. The van der Waals surface area contributed by atoms with Gasteiger partial charge >= 0.3 is 0 Å². The van der Waals surface area contributed by atoms with Gasteiger partial charge in [-0.25, -0.2) is 4.39 Å². The third kappa shape index (κ3) is 6.90. The molecule has 0 saturated heterocycles. The Bertz CT molecular complexity index is 1260. The molecule has 1 heteroatoms. The summed E-state index contributed by atoms with van der Waals surface area (Å²) in [5.74, 6) is 0.267. The molecule has 0 aromatic heterocycles. The summed E-state index contributed by atoms with van der Waals surface area (Å²) in [5, 5.41) is 0. The quantitative estimate of drug-likeness (QED) is 0.172. The lowest BCUT2D eigenvalue weighted by Crippen LogP contribution is -1.98. The second kappa shape index (κ2) is 12.1. The van der Waals surface area contributed by atoms with Gasteiger partial charge in [-0.15, -0.1) is 0 Å². The van der Waals surface area contributed by atoms with Crippen molar-refractivity contribution in [1.82, 2.24) is 0 Å². The molecule has 0 bridgehead atoms. The highest BCUT2D eigenvalue weighted by atomic mass is 19.1. The van der Waals surface area contributed by atoms with E-state index in [1.807, 2.05) is 31.2 Å². The van der Waals surface area contributed by atoms with Crippen LogP contribution in [0.15, 0.2) is 109 Å². The number of hydrogen-bond donors (Lipinski definition) is 0. The minimum absolute atomic E-state index is 0.204. The van der Waals surface area contributed by atoms with Gasteiger partial charge in [0.05, 0.1) is 0 Å². The first-order valence-electron chi connectivity index (χ1n) is 12.4. The summed E-state index contributed by atoms with van der Waals surface area (Å²) in [6.07, 6.45) is 11.1. The van der Waals surface area contributed by atoms with Crippen LogP contribution in [0, 0.1) is 5.82 Å². The molecule has 0 unspecified atom stereocenters. The molecule has 0 nitrogen and oxygen atoms in total. The molecule has 0 fully saturated rings. The second-order valence-corrected chi connectivity index (χ2v) is 9.13. The van der Waals surface area contributed by atoms with E-state index in [2.05, 4.69) is 97.9 Å². The minimum atomic E-state index is -0.204. The Morgan fingerprint density at radius 1 is 0.743 bits per heavy atom. The van der Waals surface area contributed by atoms with Crippen molar-refractivity contribution < 1.29 is 4.39 Å². The molecule has 0 N–H and O–H groups in total. The van der Waals surface area contributed by atoms with Crippen LogP contribution < -0.4 is 0 Å². The molecule has 35 heavy (non-hydrogen) atoms. The average molecular weight is 461 g/mol. The molecule has 0 aliphatic heterocycles. The van der Waals surface area contributed by atoms with E-state index in [1.165, 1.54) is 16.7 Å². The Morgan fingerprint density at radius 3 is 2.11 bits per heavy atom. The Balaban J connectivity index is 1.38. The van der Waals surface area contributed by atoms with E-state index in [4.69, 9.17) is 0 Å². The largest absolute Gasteiger partial charge is 0.206 e. The topological polar surface area (TPSA) is 0 Å². The Hall–Kier alpha value is -3.71. The zero-order chi connectivity index (χ0) is 24.5. The normalized spacial score (nSPS) is 12.4. The van der Waals surface area contributed by atoms with Gasteiger partial charge in [0, 0.05) is 5.56 Å². The molecule has 0 saturated carbocycles. The zero-order valence-electron chi connectivity index (χ0n) is 20.6. The van der Waals surface area contributed by atoms with Crippen molar-refractivity contribution in [3.05, 3.63) is 143 Å². The summed E-state index contributed by atoms with van der Waals surface area (Å²) < 4.78 is 14.8. The highest BCUT2D eigenvalue weighted by Gasteiger charge is 2.07. The van der Waals surface area contributed by atoms with Crippen LogP contribution in [0.1, 0.15) is 54.0 Å². The van der Waals surface area contributed by atoms with Crippen LogP contribution in [-0.2, 0) is 12.8 Å². The number of rotatable bonds is 9.